The van der Waals surface area contributed by atoms with Gasteiger partial charge in [-0.3, -0.25) is 9.80 Å². The van der Waals surface area contributed by atoms with Gasteiger partial charge in [-0.1, -0.05) is 55.1 Å². The molecule has 2 N–H and O–H groups in total. The van der Waals surface area contributed by atoms with E-state index in [1.54, 1.807) is 17.1 Å². The van der Waals surface area contributed by atoms with Crippen molar-refractivity contribution in [3.63, 3.8) is 0 Å². The highest BCUT2D eigenvalue weighted by molar-refractivity contribution is 6.41. The molecule has 1 fully saturated rings. The van der Waals surface area contributed by atoms with Gasteiger partial charge in [-0.05, 0) is 55.7 Å². The summed E-state index contributed by atoms with van der Waals surface area (Å²) in [6.07, 6.45) is 2.92. The lowest BCUT2D eigenvalue weighted by Crippen LogP contribution is -2.48. The molecular weight excluding hydrogens is 461 g/mol. The van der Waals surface area contributed by atoms with Gasteiger partial charge in [0.05, 0.1) is 35.5 Å². The van der Waals surface area contributed by atoms with Crippen molar-refractivity contribution >= 4 is 40.5 Å². The number of amides is 1. The van der Waals surface area contributed by atoms with E-state index in [2.05, 4.69) is 5.32 Å². The number of anilines is 1. The highest BCUT2D eigenvalue weighted by Gasteiger charge is 2.41. The van der Waals surface area contributed by atoms with Crippen LogP contribution in [0.4, 0.5) is 5.69 Å². The van der Waals surface area contributed by atoms with Gasteiger partial charge in [0.1, 0.15) is 11.5 Å². The first-order valence-electron chi connectivity index (χ1n) is 11.4. The van der Waals surface area contributed by atoms with Crippen molar-refractivity contribution in [2.45, 2.75) is 57.7 Å². The second-order valence-corrected chi connectivity index (χ2v) is 9.44. The van der Waals surface area contributed by atoms with Crippen LogP contribution >= 0.6 is 23.2 Å². The molecule has 2 aliphatic rings. The van der Waals surface area contributed by atoms with Crippen LogP contribution in [0.1, 0.15) is 51.1 Å². The topological polar surface area (TPSA) is 74.2 Å². The molecule has 0 unspecified atom stereocenters. The molecule has 1 saturated carbocycles. The minimum atomic E-state index is -0.524. The molecule has 0 bridgehead atoms. The first-order chi connectivity index (χ1) is 15.9. The number of hydrazone groups is 1. The van der Waals surface area contributed by atoms with Gasteiger partial charge in [0.25, 0.3) is 5.91 Å². The zero-order valence-electron chi connectivity index (χ0n) is 18.8. The Morgan fingerprint density at radius 2 is 1.91 bits per heavy atom. The SMILES string of the molecule is CCOc1ccc([C@H]2[C@@H](C)C(C(=O)N[C@H]3CCCC[C@@H]3O)=NN2c2ccc(Cl)cc2Cl)cc1. The summed E-state index contributed by atoms with van der Waals surface area (Å²) in [4.78, 5) is 13.2. The number of nitrogens with one attached hydrogen (secondary N) is 1. The summed E-state index contributed by atoms with van der Waals surface area (Å²) in [6.45, 7) is 4.52. The average Bonchev–Trinajstić information content (AvgIpc) is 3.13. The molecular formula is C25H29Cl2N3O3. The molecule has 6 nitrogen and oxygen atoms in total. The third kappa shape index (κ3) is 5.13. The van der Waals surface area contributed by atoms with E-state index in [0.717, 1.165) is 30.6 Å². The molecule has 1 amide bonds. The van der Waals surface area contributed by atoms with Crippen molar-refractivity contribution in [1.29, 1.82) is 0 Å². The van der Waals surface area contributed by atoms with Gasteiger partial charge in [-0.15, -0.1) is 0 Å². The second kappa shape index (κ2) is 10.3. The Kier molecular flexibility index (Phi) is 7.47. The van der Waals surface area contributed by atoms with Crippen LogP contribution in [0.2, 0.25) is 10.0 Å². The lowest BCUT2D eigenvalue weighted by molar-refractivity contribution is -0.116. The fourth-order valence-electron chi connectivity index (χ4n) is 4.63. The van der Waals surface area contributed by atoms with E-state index in [-0.39, 0.29) is 23.9 Å². The summed E-state index contributed by atoms with van der Waals surface area (Å²) >= 11 is 12.6. The lowest BCUT2D eigenvalue weighted by Gasteiger charge is -2.29. The van der Waals surface area contributed by atoms with Gasteiger partial charge in [-0.25, -0.2) is 0 Å². The monoisotopic (exact) mass is 489 g/mol. The molecule has 0 saturated heterocycles. The first-order valence-corrected chi connectivity index (χ1v) is 12.2. The fraction of sp³-hybridized carbons (Fsp3) is 0.440. The number of halogens is 2. The van der Waals surface area contributed by atoms with E-state index in [0.29, 0.717) is 34.5 Å². The molecule has 0 spiro atoms. The largest absolute Gasteiger partial charge is 0.494 e. The Bertz CT molecular complexity index is 1030. The number of ether oxygens (including phenoxy) is 1. The second-order valence-electron chi connectivity index (χ2n) is 8.59. The lowest BCUT2D eigenvalue weighted by atomic mass is 9.89. The molecule has 4 rings (SSSR count). The molecule has 4 atom stereocenters. The van der Waals surface area contributed by atoms with Gasteiger partial charge >= 0.3 is 0 Å². The number of hydrogen-bond donors (Lipinski definition) is 2. The average molecular weight is 490 g/mol. The molecule has 33 heavy (non-hydrogen) atoms. The summed E-state index contributed by atoms with van der Waals surface area (Å²) in [5.74, 6) is 0.320. The summed E-state index contributed by atoms with van der Waals surface area (Å²) < 4.78 is 5.58. The molecule has 0 aromatic heterocycles. The van der Waals surface area contributed by atoms with Crippen molar-refractivity contribution in [1.82, 2.24) is 5.32 Å². The Hall–Kier alpha value is -2.28. The Labute approximate surface area is 204 Å². The van der Waals surface area contributed by atoms with E-state index in [9.17, 15) is 9.90 Å². The zero-order valence-corrected chi connectivity index (χ0v) is 20.3. The standard InChI is InChI=1S/C25H29Cl2N3O3/c1-3-33-18-11-8-16(9-12-18)24-15(2)23(25(32)28-20-6-4-5-7-22(20)31)29-30(24)21-13-10-17(26)14-19(21)27/h8-15,20,22,24,31H,3-7H2,1-2H3,(H,28,32)/t15-,20-,22-,24+/m0/s1. The summed E-state index contributed by atoms with van der Waals surface area (Å²) in [6, 6.07) is 12.6. The van der Waals surface area contributed by atoms with Crippen LogP contribution in [0, 0.1) is 5.92 Å². The zero-order chi connectivity index (χ0) is 23.5. The molecule has 0 radical (unpaired) electrons. The summed E-state index contributed by atoms with van der Waals surface area (Å²) in [5, 5.41) is 20.8. The van der Waals surface area contributed by atoms with Gasteiger partial charge in [-0.2, -0.15) is 5.10 Å². The predicted molar refractivity (Wildman–Crippen MR) is 132 cm³/mol. The van der Waals surface area contributed by atoms with E-state index in [1.807, 2.05) is 44.2 Å². The van der Waals surface area contributed by atoms with E-state index < -0.39 is 6.10 Å². The van der Waals surface area contributed by atoms with Crippen LogP contribution in [0.3, 0.4) is 0 Å². The van der Waals surface area contributed by atoms with Gasteiger partial charge in [0, 0.05) is 10.9 Å². The van der Waals surface area contributed by atoms with E-state index in [4.69, 9.17) is 33.0 Å². The van der Waals surface area contributed by atoms with Crippen LogP contribution in [0.15, 0.2) is 47.6 Å². The molecule has 1 aliphatic heterocycles. The van der Waals surface area contributed by atoms with Crippen molar-refractivity contribution < 1.29 is 14.6 Å². The number of carbonyl (C=O) groups is 1. The van der Waals surface area contributed by atoms with Crippen molar-refractivity contribution in [3.05, 3.63) is 58.1 Å². The van der Waals surface area contributed by atoms with Crippen molar-refractivity contribution in [3.8, 4) is 5.75 Å². The number of benzene rings is 2. The number of aliphatic hydroxyl groups is 1. The van der Waals surface area contributed by atoms with E-state index in [1.165, 1.54) is 0 Å². The number of carbonyl (C=O) groups excluding carboxylic acids is 1. The van der Waals surface area contributed by atoms with Gasteiger partial charge in [0.15, 0.2) is 0 Å². The molecule has 1 aliphatic carbocycles. The normalized spacial score (nSPS) is 25.0. The highest BCUT2D eigenvalue weighted by atomic mass is 35.5. The molecule has 8 heteroatoms. The minimum Gasteiger partial charge on any atom is -0.494 e. The minimum absolute atomic E-state index is 0.213. The maximum absolute atomic E-state index is 13.2. The summed E-state index contributed by atoms with van der Waals surface area (Å²) in [5.41, 5.74) is 2.08. The molecule has 2 aromatic rings. The highest BCUT2D eigenvalue weighted by Crippen LogP contribution is 2.42. The van der Waals surface area contributed by atoms with E-state index >= 15 is 0 Å². The van der Waals surface area contributed by atoms with Crippen LogP contribution in [-0.4, -0.2) is 35.5 Å². The Balaban J connectivity index is 1.66. The van der Waals surface area contributed by atoms with Crippen LogP contribution < -0.4 is 15.1 Å². The quantitative estimate of drug-likeness (QED) is 0.572. The van der Waals surface area contributed by atoms with Gasteiger partial charge in [0.2, 0.25) is 0 Å². The molecule has 1 heterocycles. The third-order valence-electron chi connectivity index (χ3n) is 6.35. The Morgan fingerprint density at radius 1 is 1.18 bits per heavy atom. The predicted octanol–water partition coefficient (Wildman–Crippen LogP) is 5.37. The number of rotatable bonds is 6. The number of nitrogens with zero attached hydrogens (tertiary/aromatic N) is 2. The maximum Gasteiger partial charge on any atom is 0.268 e. The van der Waals surface area contributed by atoms with Gasteiger partial charge < -0.3 is 15.2 Å². The van der Waals surface area contributed by atoms with Crippen LogP contribution in [-0.2, 0) is 4.79 Å². The smallest absolute Gasteiger partial charge is 0.268 e. The molecule has 2 aromatic carbocycles. The van der Waals surface area contributed by atoms with Crippen LogP contribution in [0.25, 0.3) is 0 Å². The fourth-order valence-corrected chi connectivity index (χ4v) is 5.13. The Morgan fingerprint density at radius 3 is 2.58 bits per heavy atom. The maximum atomic E-state index is 13.2. The van der Waals surface area contributed by atoms with Crippen molar-refractivity contribution in [2.24, 2.45) is 11.0 Å². The van der Waals surface area contributed by atoms with Crippen LogP contribution in [0.5, 0.6) is 5.75 Å². The third-order valence-corrected chi connectivity index (χ3v) is 6.89. The number of aliphatic hydroxyl groups excluding tert-OH is 1. The first kappa shape index (κ1) is 23.9. The molecule has 176 valence electrons. The number of hydrogen-bond acceptors (Lipinski definition) is 5. The summed E-state index contributed by atoms with van der Waals surface area (Å²) in [7, 11) is 0. The van der Waals surface area contributed by atoms with Crippen molar-refractivity contribution in [2.75, 3.05) is 11.6 Å².